The molecule has 0 heterocycles. The Balaban J connectivity index is 1.76. The summed E-state index contributed by atoms with van der Waals surface area (Å²) in [5.41, 5.74) is 0. The molecular formula is C18H32OSi. The van der Waals surface area contributed by atoms with E-state index in [-0.39, 0.29) is 0 Å². The van der Waals surface area contributed by atoms with E-state index in [9.17, 15) is 0 Å². The minimum absolute atomic E-state index is 0.335. The van der Waals surface area contributed by atoms with Gasteiger partial charge in [0.05, 0.1) is 6.10 Å². The zero-order valence-electron chi connectivity index (χ0n) is 14.1. The van der Waals surface area contributed by atoms with E-state index < -0.39 is 9.04 Å². The molecule has 0 amide bonds. The first kappa shape index (κ1) is 14.8. The molecule has 1 nitrogen and oxygen atoms in total. The standard InChI is InChI=1S/C18H32OSi/c1-17(2,3)20(18(4,5)6)19-15-10-9-14-12-7-8-13(11-12)16(14)15/h9-10,12-16,20H,7-8,11H2,1-6H3/t12-,13-,14-,15-,16+/m0/s1. The molecule has 2 saturated carbocycles. The van der Waals surface area contributed by atoms with Crippen LogP contribution in [0.4, 0.5) is 0 Å². The second-order valence-corrected chi connectivity index (χ2v) is 14.1. The van der Waals surface area contributed by atoms with Gasteiger partial charge < -0.3 is 4.43 Å². The molecule has 0 N–H and O–H groups in total. The van der Waals surface area contributed by atoms with E-state index in [1.165, 1.54) is 19.3 Å². The summed E-state index contributed by atoms with van der Waals surface area (Å²) in [6.07, 6.45) is 9.79. The quantitative estimate of drug-likeness (QED) is 0.518. The van der Waals surface area contributed by atoms with Crippen molar-refractivity contribution in [2.24, 2.45) is 23.7 Å². The van der Waals surface area contributed by atoms with Crippen molar-refractivity contribution in [3.8, 4) is 0 Å². The summed E-state index contributed by atoms with van der Waals surface area (Å²) in [4.78, 5) is 0. The number of hydrogen-bond donors (Lipinski definition) is 0. The fourth-order valence-corrected chi connectivity index (χ4v) is 9.52. The van der Waals surface area contributed by atoms with Gasteiger partial charge in [-0.05, 0) is 53.0 Å². The van der Waals surface area contributed by atoms with E-state index in [2.05, 4.69) is 53.7 Å². The summed E-state index contributed by atoms with van der Waals surface area (Å²) in [6, 6.07) is 0. The van der Waals surface area contributed by atoms with Gasteiger partial charge in [-0.25, -0.2) is 0 Å². The first-order valence-electron chi connectivity index (χ1n) is 8.52. The van der Waals surface area contributed by atoms with Gasteiger partial charge >= 0.3 is 0 Å². The molecule has 114 valence electrons. The van der Waals surface area contributed by atoms with Crippen LogP contribution in [0.2, 0.25) is 10.1 Å². The highest BCUT2D eigenvalue weighted by atomic mass is 28.3. The molecule has 0 radical (unpaired) electrons. The lowest BCUT2D eigenvalue weighted by molar-refractivity contribution is 0.113. The molecule has 3 aliphatic rings. The lowest BCUT2D eigenvalue weighted by Crippen LogP contribution is -2.43. The minimum atomic E-state index is -1.29. The van der Waals surface area contributed by atoms with Crippen molar-refractivity contribution in [3.05, 3.63) is 12.2 Å². The number of allylic oxidation sites excluding steroid dienone is 1. The summed E-state index contributed by atoms with van der Waals surface area (Å²) in [7, 11) is -1.29. The van der Waals surface area contributed by atoms with Crippen molar-refractivity contribution in [3.63, 3.8) is 0 Å². The second kappa shape index (κ2) is 4.71. The molecule has 20 heavy (non-hydrogen) atoms. The third-order valence-corrected chi connectivity index (χ3v) is 9.55. The van der Waals surface area contributed by atoms with Gasteiger partial charge in [-0.2, -0.15) is 0 Å². The first-order chi connectivity index (χ1) is 9.18. The molecule has 0 aliphatic heterocycles. The summed E-state index contributed by atoms with van der Waals surface area (Å²) in [5, 5.41) is 0.670. The number of rotatable bonds is 2. The van der Waals surface area contributed by atoms with Crippen molar-refractivity contribution in [2.75, 3.05) is 0 Å². The van der Waals surface area contributed by atoms with Gasteiger partial charge in [0.15, 0.2) is 9.04 Å². The molecule has 2 fully saturated rings. The van der Waals surface area contributed by atoms with E-state index in [0.717, 1.165) is 23.7 Å². The summed E-state index contributed by atoms with van der Waals surface area (Å²) in [5.74, 6) is 3.63. The molecule has 3 rings (SSSR count). The molecule has 0 aromatic carbocycles. The normalized spacial score (nSPS) is 39.9. The van der Waals surface area contributed by atoms with Crippen LogP contribution in [0.1, 0.15) is 60.8 Å². The maximum absolute atomic E-state index is 6.86. The molecule has 2 heteroatoms. The Morgan fingerprint density at radius 1 is 0.900 bits per heavy atom. The predicted molar refractivity (Wildman–Crippen MR) is 88.4 cm³/mol. The Labute approximate surface area is 126 Å². The monoisotopic (exact) mass is 292 g/mol. The van der Waals surface area contributed by atoms with E-state index in [0.29, 0.717) is 16.2 Å². The van der Waals surface area contributed by atoms with Crippen LogP contribution in [0.25, 0.3) is 0 Å². The zero-order valence-corrected chi connectivity index (χ0v) is 15.3. The number of fused-ring (bicyclic) bond motifs is 5. The van der Waals surface area contributed by atoms with E-state index in [4.69, 9.17) is 4.43 Å². The lowest BCUT2D eigenvalue weighted by Gasteiger charge is -2.42. The van der Waals surface area contributed by atoms with Gasteiger partial charge in [-0.1, -0.05) is 53.7 Å². The molecule has 0 saturated heterocycles. The molecule has 5 atom stereocenters. The summed E-state index contributed by atoms with van der Waals surface area (Å²) < 4.78 is 6.86. The maximum Gasteiger partial charge on any atom is 0.188 e. The van der Waals surface area contributed by atoms with Gasteiger partial charge in [0.25, 0.3) is 0 Å². The van der Waals surface area contributed by atoms with Crippen LogP contribution >= 0.6 is 0 Å². The van der Waals surface area contributed by atoms with Gasteiger partial charge in [-0.3, -0.25) is 0 Å². The lowest BCUT2D eigenvalue weighted by atomic mass is 9.80. The van der Waals surface area contributed by atoms with Crippen LogP contribution in [-0.2, 0) is 4.43 Å². The van der Waals surface area contributed by atoms with E-state index in [1.807, 2.05) is 0 Å². The highest BCUT2D eigenvalue weighted by Gasteiger charge is 2.53. The molecule has 0 aromatic heterocycles. The summed E-state index contributed by atoms with van der Waals surface area (Å²) >= 11 is 0. The van der Waals surface area contributed by atoms with Crippen LogP contribution in [-0.4, -0.2) is 15.1 Å². The maximum atomic E-state index is 6.86. The third-order valence-electron chi connectivity index (χ3n) is 5.82. The van der Waals surface area contributed by atoms with E-state index in [1.54, 1.807) is 0 Å². The SMILES string of the molecule is CC(C)(C)[SiH](O[C@H]1C=C[C@H]2[C@H]3CC[C@@H](C3)[C@H]21)C(C)(C)C. The van der Waals surface area contributed by atoms with Crippen molar-refractivity contribution in [2.45, 2.75) is 77.0 Å². The molecule has 3 aliphatic carbocycles. The fraction of sp³-hybridized carbons (Fsp3) is 0.889. The molecule has 2 bridgehead atoms. The predicted octanol–water partition coefficient (Wildman–Crippen LogP) is 4.93. The van der Waals surface area contributed by atoms with Crippen LogP contribution in [0.3, 0.4) is 0 Å². The largest absolute Gasteiger partial charge is 0.412 e. The molecule has 0 aromatic rings. The van der Waals surface area contributed by atoms with Gasteiger partial charge in [0.2, 0.25) is 0 Å². The highest BCUT2D eigenvalue weighted by Crippen LogP contribution is 2.57. The van der Waals surface area contributed by atoms with Crippen molar-refractivity contribution in [1.82, 2.24) is 0 Å². The Morgan fingerprint density at radius 2 is 1.50 bits per heavy atom. The number of hydrogen-bond acceptors (Lipinski definition) is 1. The van der Waals surface area contributed by atoms with Gasteiger partial charge in [0.1, 0.15) is 0 Å². The first-order valence-corrected chi connectivity index (χ1v) is 10.1. The van der Waals surface area contributed by atoms with Crippen LogP contribution in [0.15, 0.2) is 12.2 Å². The highest BCUT2D eigenvalue weighted by molar-refractivity contribution is 6.58. The van der Waals surface area contributed by atoms with Crippen LogP contribution < -0.4 is 0 Å². The van der Waals surface area contributed by atoms with Gasteiger partial charge in [0, 0.05) is 0 Å². The summed E-state index contributed by atoms with van der Waals surface area (Å²) in [6.45, 7) is 14.3. The van der Waals surface area contributed by atoms with Crippen LogP contribution in [0.5, 0.6) is 0 Å². The van der Waals surface area contributed by atoms with Crippen LogP contribution in [0, 0.1) is 23.7 Å². The molecule has 0 unspecified atom stereocenters. The molecular weight excluding hydrogens is 260 g/mol. The second-order valence-electron chi connectivity index (χ2n) is 9.59. The average Bonchev–Trinajstić information content (AvgIpc) is 2.96. The smallest absolute Gasteiger partial charge is 0.188 e. The van der Waals surface area contributed by atoms with Crippen molar-refractivity contribution >= 4 is 9.04 Å². The fourth-order valence-electron chi connectivity index (χ4n) is 5.52. The van der Waals surface area contributed by atoms with Gasteiger partial charge in [-0.15, -0.1) is 0 Å². The topological polar surface area (TPSA) is 9.23 Å². The Kier molecular flexibility index (Phi) is 3.49. The van der Waals surface area contributed by atoms with Crippen molar-refractivity contribution < 1.29 is 4.43 Å². The average molecular weight is 293 g/mol. The van der Waals surface area contributed by atoms with Crippen molar-refractivity contribution in [1.29, 1.82) is 0 Å². The third kappa shape index (κ3) is 2.43. The Morgan fingerprint density at radius 3 is 2.10 bits per heavy atom. The Bertz CT molecular complexity index is 387. The van der Waals surface area contributed by atoms with E-state index >= 15 is 0 Å². The molecule has 0 spiro atoms. The Hall–Kier alpha value is -0.0831. The minimum Gasteiger partial charge on any atom is -0.412 e. The zero-order chi connectivity index (χ0) is 14.7.